The van der Waals surface area contributed by atoms with Crippen molar-refractivity contribution in [2.75, 3.05) is 0 Å². The zero-order valence-electron chi connectivity index (χ0n) is 15.7. The molecule has 132 valence electrons. The van der Waals surface area contributed by atoms with E-state index in [0.29, 0.717) is 0 Å². The van der Waals surface area contributed by atoms with Crippen LogP contribution in [0.5, 0.6) is 0 Å². The summed E-state index contributed by atoms with van der Waals surface area (Å²) in [6, 6.07) is 13.1. The highest BCUT2D eigenvalue weighted by Crippen LogP contribution is 2.37. The molecule has 0 unspecified atom stereocenters. The lowest BCUT2D eigenvalue weighted by atomic mass is 9.99. The number of benzene rings is 2. The van der Waals surface area contributed by atoms with Gasteiger partial charge in [0.2, 0.25) is 0 Å². The van der Waals surface area contributed by atoms with Crippen LogP contribution in [-0.2, 0) is 12.8 Å². The number of fused-ring (bicyclic) bond motifs is 3. The third-order valence-corrected chi connectivity index (χ3v) is 5.42. The van der Waals surface area contributed by atoms with Crippen molar-refractivity contribution < 1.29 is 4.79 Å². The standard InChI is InChI=1S/C24H30O/c1-3-4-5-6-7-8-9-10-19-11-13-23-21(15-19)17-22-16-20(18(2)25)12-14-24(22)23/h11-16H,3-10,17H2,1-2H3. The predicted molar refractivity (Wildman–Crippen MR) is 106 cm³/mol. The van der Waals surface area contributed by atoms with Crippen LogP contribution in [0.2, 0.25) is 0 Å². The summed E-state index contributed by atoms with van der Waals surface area (Å²) in [6.07, 6.45) is 11.7. The van der Waals surface area contributed by atoms with Gasteiger partial charge in [0.25, 0.3) is 0 Å². The Bertz CT molecular complexity index is 742. The number of carbonyl (C=O) groups excluding carboxylic acids is 1. The normalized spacial score (nSPS) is 12.1. The van der Waals surface area contributed by atoms with Gasteiger partial charge in [0, 0.05) is 5.56 Å². The fraction of sp³-hybridized carbons (Fsp3) is 0.458. The number of hydrogen-bond donors (Lipinski definition) is 0. The number of ketones is 1. The summed E-state index contributed by atoms with van der Waals surface area (Å²) >= 11 is 0. The zero-order valence-corrected chi connectivity index (χ0v) is 15.7. The van der Waals surface area contributed by atoms with E-state index in [1.54, 1.807) is 6.92 Å². The number of unbranched alkanes of at least 4 members (excludes halogenated alkanes) is 6. The molecule has 0 amide bonds. The van der Waals surface area contributed by atoms with Gasteiger partial charge in [0.15, 0.2) is 5.78 Å². The lowest BCUT2D eigenvalue weighted by molar-refractivity contribution is 0.101. The van der Waals surface area contributed by atoms with Crippen LogP contribution in [0.4, 0.5) is 0 Å². The zero-order chi connectivity index (χ0) is 17.6. The molecule has 1 nitrogen and oxygen atoms in total. The molecular weight excluding hydrogens is 304 g/mol. The smallest absolute Gasteiger partial charge is 0.159 e. The first kappa shape index (κ1) is 17.9. The Morgan fingerprint density at radius 3 is 2.20 bits per heavy atom. The molecule has 2 aromatic carbocycles. The Morgan fingerprint density at radius 1 is 0.840 bits per heavy atom. The summed E-state index contributed by atoms with van der Waals surface area (Å²) in [5.41, 5.74) is 7.68. The van der Waals surface area contributed by atoms with Gasteiger partial charge in [0.05, 0.1) is 0 Å². The van der Waals surface area contributed by atoms with Crippen LogP contribution in [0.25, 0.3) is 11.1 Å². The molecule has 0 fully saturated rings. The van der Waals surface area contributed by atoms with Crippen molar-refractivity contribution in [1.82, 2.24) is 0 Å². The fourth-order valence-corrected chi connectivity index (χ4v) is 3.92. The highest BCUT2D eigenvalue weighted by Gasteiger charge is 2.19. The molecule has 0 aromatic heterocycles. The average Bonchev–Trinajstić information content (AvgIpc) is 2.97. The van der Waals surface area contributed by atoms with Gasteiger partial charge in [0.1, 0.15) is 0 Å². The SMILES string of the molecule is CCCCCCCCCc1ccc2c(c1)Cc1cc(C(C)=O)ccc1-2. The van der Waals surface area contributed by atoms with E-state index in [9.17, 15) is 4.79 Å². The average molecular weight is 335 g/mol. The minimum absolute atomic E-state index is 0.151. The molecule has 25 heavy (non-hydrogen) atoms. The topological polar surface area (TPSA) is 17.1 Å². The minimum Gasteiger partial charge on any atom is -0.295 e. The van der Waals surface area contributed by atoms with E-state index in [2.05, 4.69) is 37.3 Å². The number of carbonyl (C=O) groups is 1. The van der Waals surface area contributed by atoms with Crippen molar-refractivity contribution >= 4 is 5.78 Å². The summed E-state index contributed by atoms with van der Waals surface area (Å²) in [5.74, 6) is 0.151. The fourth-order valence-electron chi connectivity index (χ4n) is 3.92. The molecule has 0 atom stereocenters. The molecule has 2 aromatic rings. The lowest BCUT2D eigenvalue weighted by Gasteiger charge is -2.06. The van der Waals surface area contributed by atoms with Gasteiger partial charge in [-0.15, -0.1) is 0 Å². The van der Waals surface area contributed by atoms with Gasteiger partial charge in [-0.1, -0.05) is 75.8 Å². The van der Waals surface area contributed by atoms with E-state index in [1.807, 2.05) is 6.07 Å². The monoisotopic (exact) mass is 334 g/mol. The minimum atomic E-state index is 0.151. The first-order valence-electron chi connectivity index (χ1n) is 9.95. The molecule has 1 heteroatoms. The van der Waals surface area contributed by atoms with Crippen LogP contribution < -0.4 is 0 Å². The summed E-state index contributed by atoms with van der Waals surface area (Å²) in [4.78, 5) is 11.6. The Kier molecular flexibility index (Phi) is 6.07. The molecule has 0 saturated heterocycles. The molecule has 1 aliphatic rings. The Hall–Kier alpha value is -1.89. The second-order valence-electron chi connectivity index (χ2n) is 7.47. The quantitative estimate of drug-likeness (QED) is 0.312. The molecule has 0 heterocycles. The molecule has 3 rings (SSSR count). The van der Waals surface area contributed by atoms with E-state index in [0.717, 1.165) is 12.0 Å². The number of aryl methyl sites for hydroxylation is 1. The predicted octanol–water partition coefficient (Wildman–Crippen LogP) is 6.75. The summed E-state index contributed by atoms with van der Waals surface area (Å²) in [7, 11) is 0. The highest BCUT2D eigenvalue weighted by atomic mass is 16.1. The van der Waals surface area contributed by atoms with Crippen LogP contribution in [0, 0.1) is 0 Å². The van der Waals surface area contributed by atoms with Crippen LogP contribution in [0.3, 0.4) is 0 Å². The highest BCUT2D eigenvalue weighted by molar-refractivity contribution is 5.95. The second-order valence-corrected chi connectivity index (χ2v) is 7.47. The Balaban J connectivity index is 1.57. The van der Waals surface area contributed by atoms with Gasteiger partial charge in [-0.05, 0) is 60.1 Å². The summed E-state index contributed by atoms with van der Waals surface area (Å²) in [5, 5.41) is 0. The van der Waals surface area contributed by atoms with E-state index in [1.165, 1.54) is 79.2 Å². The number of Topliss-reactive ketones (excluding diaryl/α,β-unsaturated/α-hetero) is 1. The third kappa shape index (κ3) is 4.39. The van der Waals surface area contributed by atoms with Crippen LogP contribution in [0.1, 0.15) is 85.8 Å². The first-order chi connectivity index (χ1) is 12.2. The molecule has 0 bridgehead atoms. The van der Waals surface area contributed by atoms with E-state index in [-0.39, 0.29) is 5.78 Å². The molecule has 0 aliphatic heterocycles. The molecule has 0 spiro atoms. The van der Waals surface area contributed by atoms with Crippen molar-refractivity contribution in [3.05, 3.63) is 58.7 Å². The van der Waals surface area contributed by atoms with Crippen molar-refractivity contribution in [3.63, 3.8) is 0 Å². The van der Waals surface area contributed by atoms with Crippen molar-refractivity contribution in [2.45, 2.75) is 71.6 Å². The molecular formula is C24H30O. The van der Waals surface area contributed by atoms with E-state index in [4.69, 9.17) is 0 Å². The lowest BCUT2D eigenvalue weighted by Crippen LogP contribution is -1.93. The number of hydrogen-bond acceptors (Lipinski definition) is 1. The summed E-state index contributed by atoms with van der Waals surface area (Å²) < 4.78 is 0. The largest absolute Gasteiger partial charge is 0.295 e. The molecule has 0 N–H and O–H groups in total. The van der Waals surface area contributed by atoms with Crippen molar-refractivity contribution in [2.24, 2.45) is 0 Å². The Labute approximate surface area is 152 Å². The maximum atomic E-state index is 11.6. The van der Waals surface area contributed by atoms with Gasteiger partial charge in [-0.25, -0.2) is 0 Å². The van der Waals surface area contributed by atoms with Gasteiger partial charge < -0.3 is 0 Å². The van der Waals surface area contributed by atoms with Gasteiger partial charge >= 0.3 is 0 Å². The van der Waals surface area contributed by atoms with Crippen LogP contribution in [0.15, 0.2) is 36.4 Å². The third-order valence-electron chi connectivity index (χ3n) is 5.42. The Morgan fingerprint density at radius 2 is 1.48 bits per heavy atom. The summed E-state index contributed by atoms with van der Waals surface area (Å²) in [6.45, 7) is 3.91. The van der Waals surface area contributed by atoms with E-state index < -0.39 is 0 Å². The van der Waals surface area contributed by atoms with Gasteiger partial charge in [-0.3, -0.25) is 4.79 Å². The maximum Gasteiger partial charge on any atom is 0.159 e. The number of rotatable bonds is 9. The van der Waals surface area contributed by atoms with E-state index >= 15 is 0 Å². The van der Waals surface area contributed by atoms with Crippen molar-refractivity contribution in [3.8, 4) is 11.1 Å². The van der Waals surface area contributed by atoms with Crippen LogP contribution in [-0.4, -0.2) is 5.78 Å². The molecule has 0 radical (unpaired) electrons. The second kappa shape index (κ2) is 8.47. The van der Waals surface area contributed by atoms with Crippen molar-refractivity contribution in [1.29, 1.82) is 0 Å². The maximum absolute atomic E-state index is 11.6. The molecule has 1 aliphatic carbocycles. The molecule has 0 saturated carbocycles. The van der Waals surface area contributed by atoms with Gasteiger partial charge in [-0.2, -0.15) is 0 Å². The van der Waals surface area contributed by atoms with Crippen LogP contribution >= 0.6 is 0 Å². The first-order valence-corrected chi connectivity index (χ1v) is 9.95.